The third-order valence-electron chi connectivity index (χ3n) is 2.20. The molecule has 1 amide bonds. The summed E-state index contributed by atoms with van der Waals surface area (Å²) >= 11 is 0. The van der Waals surface area contributed by atoms with Crippen LogP contribution in [0.25, 0.3) is 0 Å². The van der Waals surface area contributed by atoms with Gasteiger partial charge in [-0.05, 0) is 27.2 Å². The number of carboxylic acid groups (broad SMARTS) is 1. The fourth-order valence-electron chi connectivity index (χ4n) is 1.25. The zero-order chi connectivity index (χ0) is 15.2. The number of rotatable bonds is 6. The van der Waals surface area contributed by atoms with Gasteiger partial charge >= 0.3 is 11.9 Å². The molecule has 0 heterocycles. The normalized spacial score (nSPS) is 12.9. The van der Waals surface area contributed by atoms with E-state index in [4.69, 9.17) is 9.84 Å². The highest BCUT2D eigenvalue weighted by Gasteiger charge is 2.24. The summed E-state index contributed by atoms with van der Waals surface area (Å²) in [6, 6.07) is -1.07. The van der Waals surface area contributed by atoms with Gasteiger partial charge in [-0.25, -0.2) is 4.79 Å². The number of carboxylic acids is 1. The van der Waals surface area contributed by atoms with Crippen LogP contribution in [0.1, 0.15) is 47.5 Å². The Morgan fingerprint density at radius 2 is 1.74 bits per heavy atom. The Balaban J connectivity index is 4.34. The molecule has 2 N–H and O–H groups in total. The van der Waals surface area contributed by atoms with Crippen molar-refractivity contribution < 1.29 is 24.2 Å². The highest BCUT2D eigenvalue weighted by atomic mass is 16.6. The Kier molecular flexibility index (Phi) is 6.52. The summed E-state index contributed by atoms with van der Waals surface area (Å²) in [5.41, 5.74) is -0.600. The minimum Gasteiger partial charge on any atom is -0.480 e. The van der Waals surface area contributed by atoms with Gasteiger partial charge in [-0.1, -0.05) is 13.8 Å². The predicted molar refractivity (Wildman–Crippen MR) is 69.5 cm³/mol. The summed E-state index contributed by atoms with van der Waals surface area (Å²) < 4.78 is 5.08. The highest BCUT2D eigenvalue weighted by Crippen LogP contribution is 2.10. The molecule has 1 atom stereocenters. The van der Waals surface area contributed by atoms with E-state index in [1.165, 1.54) is 0 Å². The van der Waals surface area contributed by atoms with Gasteiger partial charge in [0.25, 0.3) is 0 Å². The molecule has 0 radical (unpaired) electrons. The van der Waals surface area contributed by atoms with E-state index in [-0.39, 0.29) is 24.7 Å². The molecule has 0 aliphatic heterocycles. The van der Waals surface area contributed by atoms with Crippen molar-refractivity contribution in [3.8, 4) is 0 Å². The molecule has 110 valence electrons. The number of hydrogen-bond donors (Lipinski definition) is 2. The molecule has 0 aromatic heterocycles. The van der Waals surface area contributed by atoms with Crippen molar-refractivity contribution in [2.45, 2.75) is 59.1 Å². The molecule has 1 unspecified atom stereocenters. The van der Waals surface area contributed by atoms with Crippen molar-refractivity contribution in [1.29, 1.82) is 0 Å². The van der Waals surface area contributed by atoms with Crippen molar-refractivity contribution in [1.82, 2.24) is 5.32 Å². The first kappa shape index (κ1) is 17.4. The van der Waals surface area contributed by atoms with Gasteiger partial charge in [0.1, 0.15) is 11.6 Å². The molecule has 0 aromatic carbocycles. The van der Waals surface area contributed by atoms with Crippen molar-refractivity contribution in [2.24, 2.45) is 5.92 Å². The monoisotopic (exact) mass is 273 g/mol. The second-order valence-corrected chi connectivity index (χ2v) is 5.68. The van der Waals surface area contributed by atoms with E-state index < -0.39 is 23.6 Å². The topological polar surface area (TPSA) is 92.7 Å². The van der Waals surface area contributed by atoms with Crippen LogP contribution in [0, 0.1) is 5.92 Å². The van der Waals surface area contributed by atoms with Gasteiger partial charge in [-0.15, -0.1) is 0 Å². The molecule has 0 aromatic rings. The summed E-state index contributed by atoms with van der Waals surface area (Å²) in [6.07, 6.45) is -0.0324. The third kappa shape index (κ3) is 8.18. The first-order valence-corrected chi connectivity index (χ1v) is 6.28. The van der Waals surface area contributed by atoms with E-state index in [2.05, 4.69) is 5.32 Å². The molecule has 0 fully saturated rings. The molecule has 0 aliphatic carbocycles. The van der Waals surface area contributed by atoms with E-state index in [0.717, 1.165) is 0 Å². The molecule has 0 aliphatic rings. The van der Waals surface area contributed by atoms with Crippen LogP contribution in [-0.4, -0.2) is 34.6 Å². The molecule has 0 spiro atoms. The number of ether oxygens (including phenoxy) is 1. The smallest absolute Gasteiger partial charge is 0.326 e. The lowest BCUT2D eigenvalue weighted by molar-refractivity contribution is -0.155. The maximum Gasteiger partial charge on any atom is 0.326 e. The first-order valence-electron chi connectivity index (χ1n) is 6.28. The largest absolute Gasteiger partial charge is 0.480 e. The Labute approximate surface area is 113 Å². The van der Waals surface area contributed by atoms with Crippen LogP contribution >= 0.6 is 0 Å². The number of esters is 1. The summed E-state index contributed by atoms with van der Waals surface area (Å²) in [6.45, 7) is 8.55. The summed E-state index contributed by atoms with van der Waals surface area (Å²) in [5, 5.41) is 11.4. The quantitative estimate of drug-likeness (QED) is 0.712. The molecule has 0 rings (SSSR count). The standard InChI is InChI=1S/C13H23NO5/c1-8(2)11(16)14-9(12(17)18)6-7-10(15)19-13(3,4)5/h8-9H,6-7H2,1-5H3,(H,14,16)(H,17,18). The highest BCUT2D eigenvalue weighted by molar-refractivity contribution is 5.85. The number of aliphatic carboxylic acids is 1. The summed E-state index contributed by atoms with van der Waals surface area (Å²) in [7, 11) is 0. The van der Waals surface area contributed by atoms with Crippen LogP contribution in [-0.2, 0) is 19.1 Å². The molecular weight excluding hydrogens is 250 g/mol. The van der Waals surface area contributed by atoms with Gasteiger partial charge in [0.2, 0.25) is 5.91 Å². The lowest BCUT2D eigenvalue weighted by atomic mass is 10.1. The van der Waals surface area contributed by atoms with Crippen LogP contribution in [0.15, 0.2) is 0 Å². The molecule has 0 bridgehead atoms. The lowest BCUT2D eigenvalue weighted by Gasteiger charge is -2.20. The molecule has 0 saturated carbocycles. The van der Waals surface area contributed by atoms with Crippen LogP contribution in [0.4, 0.5) is 0 Å². The van der Waals surface area contributed by atoms with Crippen LogP contribution < -0.4 is 5.32 Å². The zero-order valence-corrected chi connectivity index (χ0v) is 12.1. The van der Waals surface area contributed by atoms with E-state index >= 15 is 0 Å². The second kappa shape index (κ2) is 7.11. The lowest BCUT2D eigenvalue weighted by Crippen LogP contribution is -2.43. The maximum absolute atomic E-state index is 11.5. The number of hydrogen-bond acceptors (Lipinski definition) is 4. The van der Waals surface area contributed by atoms with Crippen molar-refractivity contribution in [3.05, 3.63) is 0 Å². The van der Waals surface area contributed by atoms with E-state index in [1.54, 1.807) is 34.6 Å². The van der Waals surface area contributed by atoms with Gasteiger partial charge < -0.3 is 15.2 Å². The summed E-state index contributed by atoms with van der Waals surface area (Å²) in [5.74, 6) is -2.28. The molecule has 0 saturated heterocycles. The minimum absolute atomic E-state index is 0.0166. The summed E-state index contributed by atoms with van der Waals surface area (Å²) in [4.78, 5) is 33.9. The van der Waals surface area contributed by atoms with E-state index in [0.29, 0.717) is 0 Å². The van der Waals surface area contributed by atoms with Crippen molar-refractivity contribution in [3.63, 3.8) is 0 Å². The second-order valence-electron chi connectivity index (χ2n) is 5.68. The number of carbonyl (C=O) groups excluding carboxylic acids is 2. The van der Waals surface area contributed by atoms with Gasteiger partial charge in [0.05, 0.1) is 0 Å². The van der Waals surface area contributed by atoms with Crippen LogP contribution in [0.3, 0.4) is 0 Å². The maximum atomic E-state index is 11.5. The molecule has 6 heteroatoms. The average molecular weight is 273 g/mol. The molecule has 6 nitrogen and oxygen atoms in total. The number of nitrogens with one attached hydrogen (secondary N) is 1. The Morgan fingerprint density at radius 3 is 2.11 bits per heavy atom. The molecular formula is C13H23NO5. The Morgan fingerprint density at radius 1 is 1.21 bits per heavy atom. The minimum atomic E-state index is -1.16. The van der Waals surface area contributed by atoms with Crippen LogP contribution in [0.5, 0.6) is 0 Å². The third-order valence-corrected chi connectivity index (χ3v) is 2.20. The van der Waals surface area contributed by atoms with Crippen molar-refractivity contribution in [2.75, 3.05) is 0 Å². The Bertz CT molecular complexity index is 343. The van der Waals surface area contributed by atoms with Gasteiger partial charge in [0.15, 0.2) is 0 Å². The molecule has 19 heavy (non-hydrogen) atoms. The van der Waals surface area contributed by atoms with Gasteiger partial charge in [0, 0.05) is 12.3 Å². The zero-order valence-electron chi connectivity index (χ0n) is 12.1. The van der Waals surface area contributed by atoms with Crippen LogP contribution in [0.2, 0.25) is 0 Å². The van der Waals surface area contributed by atoms with E-state index in [9.17, 15) is 14.4 Å². The fraction of sp³-hybridized carbons (Fsp3) is 0.769. The van der Waals surface area contributed by atoms with Gasteiger partial charge in [-0.3, -0.25) is 9.59 Å². The number of amides is 1. The first-order chi connectivity index (χ1) is 8.53. The SMILES string of the molecule is CC(C)C(=O)NC(CCC(=O)OC(C)(C)C)C(=O)O. The average Bonchev–Trinajstić information content (AvgIpc) is 2.20. The predicted octanol–water partition coefficient (Wildman–Crippen LogP) is 1.33. The van der Waals surface area contributed by atoms with E-state index in [1.807, 2.05) is 0 Å². The van der Waals surface area contributed by atoms with Gasteiger partial charge in [-0.2, -0.15) is 0 Å². The van der Waals surface area contributed by atoms with Crippen molar-refractivity contribution >= 4 is 17.8 Å². The Hall–Kier alpha value is -1.59. The number of carbonyl (C=O) groups is 3. The fourth-order valence-corrected chi connectivity index (χ4v) is 1.25.